The zero-order valence-corrected chi connectivity index (χ0v) is 16.1. The predicted molar refractivity (Wildman–Crippen MR) is 109 cm³/mol. The van der Waals surface area contributed by atoms with E-state index in [2.05, 4.69) is 55.6 Å². The predicted octanol–water partition coefficient (Wildman–Crippen LogP) is 4.58. The summed E-state index contributed by atoms with van der Waals surface area (Å²) in [5, 5.41) is 8.22. The Morgan fingerprint density at radius 3 is 2.64 bits per heavy atom. The first kappa shape index (κ1) is 16.9. The highest BCUT2D eigenvalue weighted by molar-refractivity contribution is 5.99. The minimum absolute atomic E-state index is 0.206. The fourth-order valence-electron chi connectivity index (χ4n) is 4.12. The molecule has 0 radical (unpaired) electrons. The Labute approximate surface area is 164 Å². The Kier molecular flexibility index (Phi) is 3.90. The number of ketones is 1. The summed E-state index contributed by atoms with van der Waals surface area (Å²) in [5.74, 6) is 1.59. The quantitative estimate of drug-likeness (QED) is 0.717. The number of anilines is 1. The van der Waals surface area contributed by atoms with Crippen molar-refractivity contribution in [3.8, 4) is 11.4 Å². The number of aromatic nitrogens is 3. The van der Waals surface area contributed by atoms with Crippen molar-refractivity contribution in [3.63, 3.8) is 0 Å². The lowest BCUT2D eigenvalue weighted by molar-refractivity contribution is -0.116. The molecule has 2 aromatic carbocycles. The maximum Gasteiger partial charge on any atom is 0.226 e. The Morgan fingerprint density at radius 1 is 1.04 bits per heavy atom. The number of nitrogens with one attached hydrogen (secondary N) is 1. The van der Waals surface area contributed by atoms with E-state index in [-0.39, 0.29) is 11.8 Å². The Hall–Kier alpha value is -3.21. The van der Waals surface area contributed by atoms with Gasteiger partial charge < -0.3 is 5.32 Å². The van der Waals surface area contributed by atoms with Crippen LogP contribution in [0.15, 0.2) is 59.8 Å². The van der Waals surface area contributed by atoms with Gasteiger partial charge >= 0.3 is 0 Å². The summed E-state index contributed by atoms with van der Waals surface area (Å²) in [6.45, 7) is 4.13. The smallest absolute Gasteiger partial charge is 0.226 e. The number of nitrogens with zero attached hydrogens (tertiary/aromatic N) is 3. The Balaban J connectivity index is 1.68. The van der Waals surface area contributed by atoms with Crippen LogP contribution in [0.5, 0.6) is 0 Å². The lowest BCUT2D eigenvalue weighted by atomic mass is 9.85. The number of allylic oxidation sites excluding steroid dienone is 2. The van der Waals surface area contributed by atoms with Gasteiger partial charge in [0.05, 0.1) is 0 Å². The number of rotatable bonds is 2. The summed E-state index contributed by atoms with van der Waals surface area (Å²) in [7, 11) is 0. The van der Waals surface area contributed by atoms with Gasteiger partial charge in [0, 0.05) is 23.3 Å². The van der Waals surface area contributed by atoms with Crippen molar-refractivity contribution in [1.82, 2.24) is 14.8 Å². The van der Waals surface area contributed by atoms with E-state index in [1.165, 1.54) is 11.1 Å². The Morgan fingerprint density at radius 2 is 1.86 bits per heavy atom. The van der Waals surface area contributed by atoms with Crippen molar-refractivity contribution >= 4 is 11.7 Å². The third-order valence-electron chi connectivity index (χ3n) is 5.54. The van der Waals surface area contributed by atoms with Crippen LogP contribution in [-0.4, -0.2) is 20.5 Å². The average Bonchev–Trinajstić information content (AvgIpc) is 3.11. The fraction of sp³-hybridized carbons (Fsp3) is 0.261. The molecule has 5 rings (SSSR count). The van der Waals surface area contributed by atoms with Gasteiger partial charge in [0.1, 0.15) is 6.04 Å². The average molecular weight is 370 g/mol. The molecule has 0 saturated heterocycles. The molecule has 3 aromatic rings. The summed E-state index contributed by atoms with van der Waals surface area (Å²) < 4.78 is 1.88. The highest BCUT2D eigenvalue weighted by Crippen LogP contribution is 2.40. The van der Waals surface area contributed by atoms with Crippen LogP contribution in [0, 0.1) is 13.8 Å². The summed E-state index contributed by atoms with van der Waals surface area (Å²) in [5.41, 5.74) is 6.25. The first-order valence-corrected chi connectivity index (χ1v) is 9.73. The monoisotopic (exact) mass is 370 g/mol. The summed E-state index contributed by atoms with van der Waals surface area (Å²) in [6, 6.07) is 16.3. The molecule has 1 aromatic heterocycles. The molecule has 0 amide bonds. The van der Waals surface area contributed by atoms with Crippen molar-refractivity contribution < 1.29 is 4.79 Å². The molecule has 5 nitrogen and oxygen atoms in total. The second-order valence-corrected chi connectivity index (χ2v) is 7.68. The van der Waals surface area contributed by atoms with E-state index >= 15 is 0 Å². The molecule has 0 spiro atoms. The Bertz CT molecular complexity index is 1110. The third kappa shape index (κ3) is 2.74. The number of hydrogen-bond acceptors (Lipinski definition) is 4. The van der Waals surface area contributed by atoms with Crippen LogP contribution >= 0.6 is 0 Å². The largest absolute Gasteiger partial charge is 0.328 e. The van der Waals surface area contributed by atoms with Gasteiger partial charge in [-0.3, -0.25) is 4.79 Å². The van der Waals surface area contributed by atoms with Crippen molar-refractivity contribution in [2.45, 2.75) is 39.2 Å². The highest BCUT2D eigenvalue weighted by atomic mass is 16.1. The van der Waals surface area contributed by atoms with Gasteiger partial charge in [0.25, 0.3) is 0 Å². The van der Waals surface area contributed by atoms with Gasteiger partial charge in [0.15, 0.2) is 11.6 Å². The molecular weight excluding hydrogens is 348 g/mol. The SMILES string of the molecule is Cc1ccc(C2C3=C(CCCC3=O)Nc3nc(-c4cccc(C)c4)nn32)cc1. The number of benzene rings is 2. The van der Waals surface area contributed by atoms with E-state index in [1.807, 2.05) is 16.8 Å². The zero-order valence-electron chi connectivity index (χ0n) is 16.1. The molecule has 0 bridgehead atoms. The maximum absolute atomic E-state index is 12.9. The molecule has 1 N–H and O–H groups in total. The van der Waals surface area contributed by atoms with Crippen molar-refractivity contribution in [2.24, 2.45) is 0 Å². The van der Waals surface area contributed by atoms with E-state index in [4.69, 9.17) is 10.1 Å². The normalized spacial score (nSPS) is 18.5. The number of aryl methyl sites for hydroxylation is 2. The molecule has 1 aliphatic heterocycles. The van der Waals surface area contributed by atoms with Crippen LogP contribution < -0.4 is 5.32 Å². The molecule has 0 fully saturated rings. The molecule has 2 heterocycles. The van der Waals surface area contributed by atoms with Crippen LogP contribution in [0.25, 0.3) is 11.4 Å². The molecule has 1 aliphatic carbocycles. The number of carbonyl (C=O) groups excluding carboxylic acids is 1. The minimum Gasteiger partial charge on any atom is -0.328 e. The standard InChI is InChI=1S/C23H22N4O/c1-14-9-11-16(12-10-14)21-20-18(7-4-8-19(20)28)24-23-25-22(26-27(21)23)17-6-3-5-15(2)13-17/h3,5-6,9-13,21H,4,7-8H2,1-2H3,(H,24,25,26). The molecule has 2 aliphatic rings. The molecule has 1 unspecified atom stereocenters. The van der Waals surface area contributed by atoms with E-state index < -0.39 is 0 Å². The van der Waals surface area contributed by atoms with Gasteiger partial charge in [-0.05, 0) is 38.3 Å². The molecule has 1 atom stereocenters. The number of carbonyl (C=O) groups is 1. The fourth-order valence-corrected chi connectivity index (χ4v) is 4.12. The molecule has 5 heteroatoms. The second kappa shape index (κ2) is 6.44. The van der Waals surface area contributed by atoms with Crippen molar-refractivity contribution in [1.29, 1.82) is 0 Å². The van der Waals surface area contributed by atoms with Crippen molar-refractivity contribution in [2.75, 3.05) is 5.32 Å². The van der Waals surface area contributed by atoms with Gasteiger partial charge in [-0.25, -0.2) is 4.68 Å². The lowest BCUT2D eigenvalue weighted by Gasteiger charge is -2.32. The van der Waals surface area contributed by atoms with Crippen LogP contribution in [-0.2, 0) is 4.79 Å². The summed E-state index contributed by atoms with van der Waals surface area (Å²) in [4.78, 5) is 17.6. The van der Waals surface area contributed by atoms with E-state index in [9.17, 15) is 4.79 Å². The maximum atomic E-state index is 12.9. The number of hydrogen-bond donors (Lipinski definition) is 1. The van der Waals surface area contributed by atoms with Gasteiger partial charge in [-0.2, -0.15) is 4.98 Å². The minimum atomic E-state index is -0.231. The van der Waals surface area contributed by atoms with Gasteiger partial charge in [0.2, 0.25) is 5.95 Å². The lowest BCUT2D eigenvalue weighted by Crippen LogP contribution is -2.31. The molecule has 0 saturated carbocycles. The number of Topliss-reactive ketones (excluding diaryl/α,β-unsaturated/α-hetero) is 1. The van der Waals surface area contributed by atoms with Crippen LogP contribution in [0.2, 0.25) is 0 Å². The van der Waals surface area contributed by atoms with Gasteiger partial charge in [-0.15, -0.1) is 5.10 Å². The van der Waals surface area contributed by atoms with Crippen LogP contribution in [0.3, 0.4) is 0 Å². The van der Waals surface area contributed by atoms with E-state index in [0.29, 0.717) is 18.2 Å². The van der Waals surface area contributed by atoms with E-state index in [1.54, 1.807) is 0 Å². The molecular formula is C23H22N4O. The van der Waals surface area contributed by atoms with E-state index in [0.717, 1.165) is 35.2 Å². The summed E-state index contributed by atoms with van der Waals surface area (Å²) >= 11 is 0. The second-order valence-electron chi connectivity index (χ2n) is 7.68. The topological polar surface area (TPSA) is 59.8 Å². The summed E-state index contributed by atoms with van der Waals surface area (Å²) in [6.07, 6.45) is 2.35. The first-order chi connectivity index (χ1) is 13.6. The third-order valence-corrected chi connectivity index (χ3v) is 5.54. The number of fused-ring (bicyclic) bond motifs is 1. The zero-order chi connectivity index (χ0) is 19.3. The molecule has 140 valence electrons. The highest BCUT2D eigenvalue weighted by Gasteiger charge is 2.36. The van der Waals surface area contributed by atoms with Crippen LogP contribution in [0.4, 0.5) is 5.95 Å². The first-order valence-electron chi connectivity index (χ1n) is 9.73. The van der Waals surface area contributed by atoms with Crippen molar-refractivity contribution in [3.05, 3.63) is 76.5 Å². The molecule has 28 heavy (non-hydrogen) atoms. The van der Waals surface area contributed by atoms with Crippen LogP contribution in [0.1, 0.15) is 42.0 Å². The van der Waals surface area contributed by atoms with Gasteiger partial charge in [-0.1, -0.05) is 53.6 Å².